The fraction of sp³-hybridized carbons (Fsp3) is 0.333. The Balaban J connectivity index is 1.77. The minimum Gasteiger partial charge on any atom is -0.386 e. The van der Waals surface area contributed by atoms with Gasteiger partial charge in [0.2, 0.25) is 0 Å². The minimum atomic E-state index is -4.42. The molecule has 1 fully saturated rings. The van der Waals surface area contributed by atoms with Crippen LogP contribution in [0.4, 0.5) is 19.0 Å². The van der Waals surface area contributed by atoms with E-state index in [2.05, 4.69) is 10.3 Å². The van der Waals surface area contributed by atoms with Crippen LogP contribution in [0, 0.1) is 0 Å². The molecule has 0 saturated carbocycles. The molecule has 3 heterocycles. The van der Waals surface area contributed by atoms with Crippen molar-refractivity contribution in [3.8, 4) is 11.1 Å². The Morgan fingerprint density at radius 3 is 2.63 bits per heavy atom. The van der Waals surface area contributed by atoms with Crippen LogP contribution < -0.4 is 10.9 Å². The molecule has 0 bridgehead atoms. The molecule has 3 aromatic rings. The van der Waals surface area contributed by atoms with Crippen molar-refractivity contribution in [2.45, 2.75) is 18.2 Å². The van der Waals surface area contributed by atoms with Crippen LogP contribution in [0.25, 0.3) is 21.9 Å². The van der Waals surface area contributed by atoms with Gasteiger partial charge < -0.3 is 19.7 Å². The van der Waals surface area contributed by atoms with Gasteiger partial charge in [-0.05, 0) is 23.8 Å². The number of aliphatic hydroxyl groups is 1. The highest BCUT2D eigenvalue weighted by atomic mass is 19.4. The van der Waals surface area contributed by atoms with Gasteiger partial charge in [-0.2, -0.15) is 13.2 Å². The molecule has 6 nitrogen and oxygen atoms in total. The Morgan fingerprint density at radius 1 is 1.27 bits per heavy atom. The van der Waals surface area contributed by atoms with Crippen molar-refractivity contribution in [3.05, 3.63) is 58.6 Å². The SMILES string of the molecule is Cn1ccc2c(-c3ccc(C(F)(F)F)cc3)cnc(NCC3(O)CCOC3)c2c1=O. The summed E-state index contributed by atoms with van der Waals surface area (Å²) in [5, 5.41) is 14.4. The molecule has 2 N–H and O–H groups in total. The number of aromatic nitrogens is 2. The summed E-state index contributed by atoms with van der Waals surface area (Å²) in [5.41, 5.74) is -1.02. The number of halogens is 3. The number of nitrogens with zero attached hydrogens (tertiary/aromatic N) is 2. The van der Waals surface area contributed by atoms with Gasteiger partial charge in [0.1, 0.15) is 11.4 Å². The van der Waals surface area contributed by atoms with Gasteiger partial charge in [-0.25, -0.2) is 4.98 Å². The number of nitrogens with one attached hydrogen (secondary N) is 1. The first-order valence-electron chi connectivity index (χ1n) is 9.38. The van der Waals surface area contributed by atoms with E-state index in [0.717, 1.165) is 12.1 Å². The summed E-state index contributed by atoms with van der Waals surface area (Å²) in [6, 6.07) is 6.46. The summed E-state index contributed by atoms with van der Waals surface area (Å²) in [7, 11) is 1.61. The van der Waals surface area contributed by atoms with Gasteiger partial charge in [0.15, 0.2) is 0 Å². The molecule has 1 unspecified atom stereocenters. The third-order valence-electron chi connectivity index (χ3n) is 5.31. The average Bonchev–Trinajstić information content (AvgIpc) is 3.15. The zero-order chi connectivity index (χ0) is 21.5. The molecule has 0 radical (unpaired) electrons. The molecule has 158 valence electrons. The Morgan fingerprint density at radius 2 is 2.00 bits per heavy atom. The van der Waals surface area contributed by atoms with Gasteiger partial charge in [-0.3, -0.25) is 4.79 Å². The van der Waals surface area contributed by atoms with Crippen LogP contribution in [0.5, 0.6) is 0 Å². The van der Waals surface area contributed by atoms with Crippen molar-refractivity contribution < 1.29 is 23.0 Å². The molecule has 30 heavy (non-hydrogen) atoms. The van der Waals surface area contributed by atoms with Crippen LogP contribution in [0.15, 0.2) is 47.5 Å². The number of pyridine rings is 2. The molecule has 0 amide bonds. The Hall–Kier alpha value is -2.91. The lowest BCUT2D eigenvalue weighted by Gasteiger charge is -2.22. The van der Waals surface area contributed by atoms with E-state index in [1.54, 1.807) is 19.3 Å². The second kappa shape index (κ2) is 7.41. The Labute approximate surface area is 169 Å². The summed E-state index contributed by atoms with van der Waals surface area (Å²) in [4.78, 5) is 17.2. The lowest BCUT2D eigenvalue weighted by atomic mass is 9.99. The van der Waals surface area contributed by atoms with Crippen molar-refractivity contribution in [2.75, 3.05) is 25.1 Å². The van der Waals surface area contributed by atoms with Gasteiger partial charge in [0, 0.05) is 50.0 Å². The van der Waals surface area contributed by atoms with E-state index in [0.29, 0.717) is 40.7 Å². The van der Waals surface area contributed by atoms with Crippen LogP contribution in [0.1, 0.15) is 12.0 Å². The number of ether oxygens (including phenoxy) is 1. The second-order valence-corrected chi connectivity index (χ2v) is 7.50. The largest absolute Gasteiger partial charge is 0.416 e. The molecule has 9 heteroatoms. The quantitative estimate of drug-likeness (QED) is 0.679. The van der Waals surface area contributed by atoms with E-state index < -0.39 is 17.3 Å². The van der Waals surface area contributed by atoms with Gasteiger partial charge in [0.05, 0.1) is 17.6 Å². The van der Waals surface area contributed by atoms with Crippen LogP contribution in [-0.4, -0.2) is 40.0 Å². The van der Waals surface area contributed by atoms with Crippen LogP contribution in [-0.2, 0) is 18.0 Å². The fourth-order valence-electron chi connectivity index (χ4n) is 3.53. The third kappa shape index (κ3) is 3.78. The van der Waals surface area contributed by atoms with Crippen molar-refractivity contribution in [1.29, 1.82) is 0 Å². The molecule has 2 aromatic heterocycles. The first-order chi connectivity index (χ1) is 14.2. The standard InChI is InChI=1S/C21H20F3N3O3/c1-27-8-6-15-16(13-2-4-14(5-3-13)21(22,23)24)10-25-18(17(15)19(27)28)26-11-20(29)7-9-30-12-20/h2-6,8,10,29H,7,9,11-12H2,1H3,(H,25,26). The van der Waals surface area contributed by atoms with Gasteiger partial charge >= 0.3 is 6.18 Å². The lowest BCUT2D eigenvalue weighted by Crippen LogP contribution is -2.37. The molecule has 1 aromatic carbocycles. The van der Waals surface area contributed by atoms with Crippen LogP contribution in [0.3, 0.4) is 0 Å². The summed E-state index contributed by atoms with van der Waals surface area (Å²) in [5.74, 6) is 0.308. The zero-order valence-corrected chi connectivity index (χ0v) is 16.2. The number of benzene rings is 1. The summed E-state index contributed by atoms with van der Waals surface area (Å²) in [6.45, 7) is 0.813. The van der Waals surface area contributed by atoms with Gasteiger partial charge in [-0.15, -0.1) is 0 Å². The van der Waals surface area contributed by atoms with Crippen LogP contribution >= 0.6 is 0 Å². The molecule has 0 spiro atoms. The summed E-state index contributed by atoms with van der Waals surface area (Å²) < 4.78 is 45.3. The molecule has 0 aliphatic carbocycles. The zero-order valence-electron chi connectivity index (χ0n) is 16.2. The van der Waals surface area contributed by atoms with E-state index in [1.165, 1.54) is 22.9 Å². The maximum atomic E-state index is 12.9. The number of rotatable bonds is 4. The van der Waals surface area contributed by atoms with Crippen molar-refractivity contribution in [3.63, 3.8) is 0 Å². The number of hydrogen-bond acceptors (Lipinski definition) is 5. The van der Waals surface area contributed by atoms with Crippen molar-refractivity contribution in [1.82, 2.24) is 9.55 Å². The van der Waals surface area contributed by atoms with Gasteiger partial charge in [-0.1, -0.05) is 12.1 Å². The Kier molecular flexibility index (Phi) is 5.03. The van der Waals surface area contributed by atoms with E-state index >= 15 is 0 Å². The highest BCUT2D eigenvalue weighted by Crippen LogP contribution is 2.34. The third-order valence-corrected chi connectivity index (χ3v) is 5.31. The normalized spacial score (nSPS) is 19.4. The predicted molar refractivity (Wildman–Crippen MR) is 106 cm³/mol. The smallest absolute Gasteiger partial charge is 0.386 e. The lowest BCUT2D eigenvalue weighted by molar-refractivity contribution is -0.137. The minimum absolute atomic E-state index is 0.159. The second-order valence-electron chi connectivity index (χ2n) is 7.50. The first kappa shape index (κ1) is 20.4. The highest BCUT2D eigenvalue weighted by molar-refractivity contribution is 6.01. The Bertz CT molecular complexity index is 1130. The number of aryl methyl sites for hydroxylation is 1. The number of alkyl halides is 3. The van der Waals surface area contributed by atoms with E-state index in [4.69, 9.17) is 4.74 Å². The maximum absolute atomic E-state index is 12.9. The molecule has 1 atom stereocenters. The average molecular weight is 419 g/mol. The molecule has 1 aliphatic rings. The first-order valence-corrected chi connectivity index (χ1v) is 9.38. The maximum Gasteiger partial charge on any atom is 0.416 e. The van der Waals surface area contributed by atoms with Crippen molar-refractivity contribution in [2.24, 2.45) is 7.05 Å². The number of hydrogen-bond donors (Lipinski definition) is 2. The summed E-state index contributed by atoms with van der Waals surface area (Å²) in [6.07, 6.45) is -0.839. The van der Waals surface area contributed by atoms with E-state index in [-0.39, 0.29) is 18.7 Å². The topological polar surface area (TPSA) is 76.4 Å². The van der Waals surface area contributed by atoms with E-state index in [9.17, 15) is 23.1 Å². The monoisotopic (exact) mass is 419 g/mol. The summed E-state index contributed by atoms with van der Waals surface area (Å²) >= 11 is 0. The number of anilines is 1. The van der Waals surface area contributed by atoms with Crippen molar-refractivity contribution >= 4 is 16.6 Å². The molecule has 4 rings (SSSR count). The molecular weight excluding hydrogens is 399 g/mol. The van der Waals surface area contributed by atoms with Gasteiger partial charge in [0.25, 0.3) is 5.56 Å². The molecule has 1 aliphatic heterocycles. The highest BCUT2D eigenvalue weighted by Gasteiger charge is 2.32. The van der Waals surface area contributed by atoms with Crippen LogP contribution in [0.2, 0.25) is 0 Å². The molecule has 1 saturated heterocycles. The number of fused-ring (bicyclic) bond motifs is 1. The fourth-order valence-corrected chi connectivity index (χ4v) is 3.53. The predicted octanol–water partition coefficient (Wildman–Crippen LogP) is 3.18. The van der Waals surface area contributed by atoms with E-state index in [1.807, 2.05) is 0 Å². The molecular formula is C21H20F3N3O3.